The zero-order valence-corrected chi connectivity index (χ0v) is 18.1. The van der Waals surface area contributed by atoms with Gasteiger partial charge in [0, 0.05) is 13.1 Å². The summed E-state index contributed by atoms with van der Waals surface area (Å²) in [6.07, 6.45) is 1.07. The van der Waals surface area contributed by atoms with E-state index < -0.39 is 34.4 Å². The highest BCUT2D eigenvalue weighted by Gasteiger charge is 2.34. The topological polar surface area (TPSA) is 119 Å². The second kappa shape index (κ2) is 8.76. The molecule has 158 valence electrons. The molecule has 0 aliphatic carbocycles. The van der Waals surface area contributed by atoms with Crippen molar-refractivity contribution in [3.63, 3.8) is 0 Å². The molecule has 2 aromatic heterocycles. The summed E-state index contributed by atoms with van der Waals surface area (Å²) in [5.41, 5.74) is 1.74. The van der Waals surface area contributed by atoms with Gasteiger partial charge in [0.1, 0.15) is 15.2 Å². The summed E-state index contributed by atoms with van der Waals surface area (Å²) in [6.45, 7) is -0.0539. The number of anilines is 1. The standard InChI is InChI=1S/C18H18N4O5S3/c23-15(19-13-5-1-6-14-17(13)21-29-20-14)11-27-18(24)12-4-2-8-22(10-12)30(25,26)16-7-3-9-28-16/h1,3,5-7,9,12H,2,4,8,10-11H2,(H,19,23). The Morgan fingerprint density at radius 2 is 2.10 bits per heavy atom. The normalized spacial score (nSPS) is 17.7. The summed E-state index contributed by atoms with van der Waals surface area (Å²) in [7, 11) is -3.62. The SMILES string of the molecule is O=C(COC(=O)C1CCCN(S(=O)(=O)c2cccs2)C1)Nc1cccc2nsnc12. The zero-order chi connectivity index (χ0) is 21.1. The molecule has 1 aromatic carbocycles. The van der Waals surface area contributed by atoms with Gasteiger partial charge in [-0.15, -0.1) is 11.3 Å². The Labute approximate surface area is 181 Å². The molecule has 1 saturated heterocycles. The Bertz CT molecular complexity index is 1160. The van der Waals surface area contributed by atoms with E-state index in [-0.39, 0.29) is 10.8 Å². The van der Waals surface area contributed by atoms with E-state index in [1.165, 1.54) is 4.31 Å². The number of benzene rings is 1. The number of hydrogen-bond acceptors (Lipinski definition) is 9. The molecule has 1 N–H and O–H groups in total. The van der Waals surface area contributed by atoms with Gasteiger partial charge in [0.15, 0.2) is 6.61 Å². The van der Waals surface area contributed by atoms with Crippen molar-refractivity contribution in [2.24, 2.45) is 5.92 Å². The number of carbonyl (C=O) groups is 2. The van der Waals surface area contributed by atoms with Crippen molar-refractivity contribution in [2.75, 3.05) is 25.0 Å². The van der Waals surface area contributed by atoms with Crippen LogP contribution in [-0.2, 0) is 24.3 Å². The average molecular weight is 467 g/mol. The van der Waals surface area contributed by atoms with Crippen molar-refractivity contribution in [3.8, 4) is 0 Å². The Morgan fingerprint density at radius 3 is 2.90 bits per heavy atom. The fraction of sp³-hybridized carbons (Fsp3) is 0.333. The Morgan fingerprint density at radius 1 is 1.23 bits per heavy atom. The van der Waals surface area contributed by atoms with Crippen LogP contribution < -0.4 is 5.32 Å². The van der Waals surface area contributed by atoms with E-state index in [2.05, 4.69) is 14.1 Å². The number of amides is 1. The summed E-state index contributed by atoms with van der Waals surface area (Å²) in [6, 6.07) is 8.44. The lowest BCUT2D eigenvalue weighted by molar-refractivity contribution is -0.152. The molecule has 1 fully saturated rings. The molecular formula is C18H18N4O5S3. The van der Waals surface area contributed by atoms with Crippen LogP contribution in [0.3, 0.4) is 0 Å². The third-order valence-corrected chi connectivity index (χ3v) is 8.49. The molecular weight excluding hydrogens is 448 g/mol. The van der Waals surface area contributed by atoms with Crippen LogP contribution in [0.1, 0.15) is 12.8 Å². The fourth-order valence-electron chi connectivity index (χ4n) is 3.24. The molecule has 3 aromatic rings. The van der Waals surface area contributed by atoms with E-state index in [4.69, 9.17) is 4.74 Å². The van der Waals surface area contributed by atoms with Crippen LogP contribution in [0.25, 0.3) is 11.0 Å². The summed E-state index contributed by atoms with van der Waals surface area (Å²) in [5.74, 6) is -1.68. The number of sulfonamides is 1. The minimum Gasteiger partial charge on any atom is -0.455 e. The first-order chi connectivity index (χ1) is 14.4. The summed E-state index contributed by atoms with van der Waals surface area (Å²) < 4.78 is 40.3. The minimum absolute atomic E-state index is 0.0461. The number of piperidine rings is 1. The van der Waals surface area contributed by atoms with Gasteiger partial charge in [0.25, 0.3) is 15.9 Å². The molecule has 0 bridgehead atoms. The highest BCUT2D eigenvalue weighted by atomic mass is 32.2. The summed E-state index contributed by atoms with van der Waals surface area (Å²) >= 11 is 2.18. The maximum absolute atomic E-state index is 12.7. The van der Waals surface area contributed by atoms with Crippen LogP contribution >= 0.6 is 23.1 Å². The van der Waals surface area contributed by atoms with Crippen LogP contribution in [0.2, 0.25) is 0 Å². The number of esters is 1. The second-order valence-electron chi connectivity index (χ2n) is 6.73. The average Bonchev–Trinajstić information content (AvgIpc) is 3.45. The number of carbonyl (C=O) groups excluding carboxylic acids is 2. The Balaban J connectivity index is 1.33. The van der Waals surface area contributed by atoms with Gasteiger partial charge in [-0.2, -0.15) is 13.1 Å². The Kier molecular flexibility index (Phi) is 6.09. The van der Waals surface area contributed by atoms with Crippen molar-refractivity contribution in [1.82, 2.24) is 13.1 Å². The second-order valence-corrected chi connectivity index (χ2v) is 10.4. The van der Waals surface area contributed by atoms with Crippen molar-refractivity contribution >= 4 is 61.7 Å². The minimum atomic E-state index is -3.62. The lowest BCUT2D eigenvalue weighted by atomic mass is 10.00. The molecule has 1 aliphatic rings. The maximum atomic E-state index is 12.7. The fourth-order valence-corrected chi connectivity index (χ4v) is 6.46. The third-order valence-electron chi connectivity index (χ3n) is 4.71. The van der Waals surface area contributed by atoms with Gasteiger partial charge in [-0.05, 0) is 36.4 Å². The van der Waals surface area contributed by atoms with Crippen molar-refractivity contribution in [3.05, 3.63) is 35.7 Å². The van der Waals surface area contributed by atoms with Gasteiger partial charge in [-0.25, -0.2) is 8.42 Å². The lowest BCUT2D eigenvalue weighted by Crippen LogP contribution is -2.42. The molecule has 1 aliphatic heterocycles. The number of ether oxygens (including phenoxy) is 1. The molecule has 1 unspecified atom stereocenters. The number of nitrogens with zero attached hydrogens (tertiary/aromatic N) is 3. The first-order valence-electron chi connectivity index (χ1n) is 9.16. The summed E-state index contributed by atoms with van der Waals surface area (Å²) in [5, 5.41) is 4.36. The smallest absolute Gasteiger partial charge is 0.310 e. The third kappa shape index (κ3) is 4.36. The van der Waals surface area contributed by atoms with Gasteiger partial charge in [0.2, 0.25) is 0 Å². The highest BCUT2D eigenvalue weighted by molar-refractivity contribution is 7.91. The van der Waals surface area contributed by atoms with Crippen LogP contribution in [0, 0.1) is 5.92 Å². The molecule has 4 rings (SSSR count). The van der Waals surface area contributed by atoms with Crippen LogP contribution in [0.15, 0.2) is 39.9 Å². The van der Waals surface area contributed by atoms with E-state index >= 15 is 0 Å². The molecule has 30 heavy (non-hydrogen) atoms. The van der Waals surface area contributed by atoms with Gasteiger partial charge >= 0.3 is 5.97 Å². The number of thiophene rings is 1. The quantitative estimate of drug-likeness (QED) is 0.554. The number of rotatable bonds is 6. The molecule has 12 heteroatoms. The predicted octanol–water partition coefficient (Wildman–Crippen LogP) is 2.34. The van der Waals surface area contributed by atoms with Gasteiger partial charge in [-0.1, -0.05) is 12.1 Å². The van der Waals surface area contributed by atoms with E-state index in [1.54, 1.807) is 35.7 Å². The lowest BCUT2D eigenvalue weighted by Gasteiger charge is -2.30. The van der Waals surface area contributed by atoms with Gasteiger partial charge < -0.3 is 10.1 Å². The monoisotopic (exact) mass is 466 g/mol. The van der Waals surface area contributed by atoms with Gasteiger partial charge in [0.05, 0.1) is 23.3 Å². The molecule has 1 amide bonds. The van der Waals surface area contributed by atoms with Gasteiger partial charge in [-0.3, -0.25) is 9.59 Å². The van der Waals surface area contributed by atoms with Crippen LogP contribution in [0.4, 0.5) is 5.69 Å². The zero-order valence-electron chi connectivity index (χ0n) is 15.7. The van der Waals surface area contributed by atoms with Crippen molar-refractivity contribution < 1.29 is 22.7 Å². The number of hydrogen-bond donors (Lipinski definition) is 1. The molecule has 9 nitrogen and oxygen atoms in total. The highest BCUT2D eigenvalue weighted by Crippen LogP contribution is 2.27. The molecule has 0 saturated carbocycles. The predicted molar refractivity (Wildman–Crippen MR) is 113 cm³/mol. The van der Waals surface area contributed by atoms with Crippen LogP contribution in [-0.4, -0.2) is 53.0 Å². The largest absolute Gasteiger partial charge is 0.455 e. The molecule has 0 radical (unpaired) electrons. The Hall–Kier alpha value is -2.41. The molecule has 0 spiro atoms. The van der Waals surface area contributed by atoms with Crippen molar-refractivity contribution in [1.29, 1.82) is 0 Å². The summed E-state index contributed by atoms with van der Waals surface area (Å²) in [4.78, 5) is 24.6. The first-order valence-corrected chi connectivity index (χ1v) is 12.2. The van der Waals surface area contributed by atoms with E-state index in [9.17, 15) is 18.0 Å². The maximum Gasteiger partial charge on any atom is 0.310 e. The van der Waals surface area contributed by atoms with E-state index in [0.717, 1.165) is 23.1 Å². The molecule has 1 atom stereocenters. The first kappa shape index (κ1) is 20.8. The van der Waals surface area contributed by atoms with E-state index in [0.29, 0.717) is 36.1 Å². The van der Waals surface area contributed by atoms with Crippen LogP contribution in [0.5, 0.6) is 0 Å². The number of nitrogens with one attached hydrogen (secondary N) is 1. The molecule has 3 heterocycles. The van der Waals surface area contributed by atoms with Crippen molar-refractivity contribution in [2.45, 2.75) is 17.1 Å². The number of fused-ring (bicyclic) bond motifs is 1. The number of aromatic nitrogens is 2. The van der Waals surface area contributed by atoms with E-state index in [1.807, 2.05) is 0 Å².